The van der Waals surface area contributed by atoms with E-state index in [1.165, 1.54) is 0 Å². The van der Waals surface area contributed by atoms with Gasteiger partial charge in [0.25, 0.3) is 0 Å². The highest BCUT2D eigenvalue weighted by Crippen LogP contribution is 2.20. The number of hydrogen-bond donors (Lipinski definition) is 0. The molecule has 0 N–H and O–H groups in total. The van der Waals surface area contributed by atoms with Crippen LogP contribution in [0.1, 0.15) is 12.0 Å². The van der Waals surface area contributed by atoms with Crippen LogP contribution in [0.15, 0.2) is 30.3 Å². The van der Waals surface area contributed by atoms with Gasteiger partial charge in [-0.15, -0.1) is 0 Å². The van der Waals surface area contributed by atoms with Crippen molar-refractivity contribution >= 4 is 15.9 Å². The Morgan fingerprint density at radius 3 is 2.26 bits per heavy atom. The Morgan fingerprint density at radius 1 is 1.04 bits per heavy atom. The van der Waals surface area contributed by atoms with E-state index < -0.39 is 10.0 Å². The molecule has 1 amide bonds. The summed E-state index contributed by atoms with van der Waals surface area (Å²) in [6.45, 7) is 2.96. The van der Waals surface area contributed by atoms with Gasteiger partial charge in [0, 0.05) is 39.8 Å². The molecule has 2 saturated heterocycles. The van der Waals surface area contributed by atoms with Crippen molar-refractivity contribution in [3.8, 4) is 0 Å². The Kier molecular flexibility index (Phi) is 4.70. The van der Waals surface area contributed by atoms with Crippen molar-refractivity contribution in [2.75, 3.05) is 39.8 Å². The van der Waals surface area contributed by atoms with Gasteiger partial charge in [0.05, 0.1) is 11.8 Å². The Balaban J connectivity index is 1.59. The lowest BCUT2D eigenvalue weighted by atomic mass is 10.2. The smallest absolute Gasteiger partial charge is 0.239 e. The van der Waals surface area contributed by atoms with Crippen LogP contribution < -0.4 is 0 Å². The van der Waals surface area contributed by atoms with Crippen molar-refractivity contribution in [2.45, 2.75) is 18.2 Å². The zero-order chi connectivity index (χ0) is 16.4. The zero-order valence-corrected chi connectivity index (χ0v) is 14.2. The van der Waals surface area contributed by atoms with Crippen molar-refractivity contribution in [1.82, 2.24) is 14.1 Å². The summed E-state index contributed by atoms with van der Waals surface area (Å²) >= 11 is 0. The number of sulfonamides is 1. The van der Waals surface area contributed by atoms with Crippen molar-refractivity contribution in [3.05, 3.63) is 35.9 Å². The van der Waals surface area contributed by atoms with Gasteiger partial charge in [0.15, 0.2) is 0 Å². The van der Waals surface area contributed by atoms with E-state index in [1.54, 1.807) is 9.21 Å². The second-order valence-electron chi connectivity index (χ2n) is 6.24. The third-order valence-corrected chi connectivity index (χ3v) is 6.55. The Morgan fingerprint density at radius 2 is 1.70 bits per heavy atom. The van der Waals surface area contributed by atoms with E-state index in [0.29, 0.717) is 26.2 Å². The number of amides is 1. The van der Waals surface area contributed by atoms with Crippen LogP contribution in [-0.2, 0) is 20.6 Å². The summed E-state index contributed by atoms with van der Waals surface area (Å²) in [4.78, 5) is 16.0. The maximum absolute atomic E-state index is 12.5. The number of rotatable bonds is 4. The van der Waals surface area contributed by atoms with Crippen LogP contribution in [0.2, 0.25) is 0 Å². The molecular weight excluding hydrogens is 314 g/mol. The first kappa shape index (κ1) is 16.4. The Bertz CT molecular complexity index is 654. The maximum atomic E-state index is 12.5. The molecule has 7 heteroatoms. The van der Waals surface area contributed by atoms with Crippen LogP contribution in [0.3, 0.4) is 0 Å². The van der Waals surface area contributed by atoms with Gasteiger partial charge in [-0.2, -0.15) is 4.31 Å². The van der Waals surface area contributed by atoms with E-state index in [4.69, 9.17) is 0 Å². The van der Waals surface area contributed by atoms with E-state index in [-0.39, 0.29) is 17.7 Å². The van der Waals surface area contributed by atoms with E-state index in [9.17, 15) is 13.2 Å². The monoisotopic (exact) mass is 337 g/mol. The molecule has 126 valence electrons. The standard InChI is InChI=1S/C16H23N3O3S/c1-17-8-7-15(16(17)20)18-9-11-19(12-10-18)23(21,22)13-14-5-3-2-4-6-14/h2-6,15H,7-13H2,1H3. The summed E-state index contributed by atoms with van der Waals surface area (Å²) in [6, 6.07) is 9.18. The maximum Gasteiger partial charge on any atom is 0.239 e. The number of piperazine rings is 1. The fourth-order valence-corrected chi connectivity index (χ4v) is 4.83. The van der Waals surface area contributed by atoms with E-state index in [1.807, 2.05) is 37.4 Å². The molecule has 2 heterocycles. The SMILES string of the molecule is CN1CCC(N2CCN(S(=O)(=O)Cc3ccccc3)CC2)C1=O. The molecule has 0 aromatic heterocycles. The second-order valence-corrected chi connectivity index (χ2v) is 8.21. The molecule has 1 aromatic carbocycles. The first-order valence-electron chi connectivity index (χ1n) is 7.98. The summed E-state index contributed by atoms with van der Waals surface area (Å²) in [5.41, 5.74) is 0.808. The highest BCUT2D eigenvalue weighted by molar-refractivity contribution is 7.88. The van der Waals surface area contributed by atoms with Crippen molar-refractivity contribution in [2.24, 2.45) is 0 Å². The highest BCUT2D eigenvalue weighted by atomic mass is 32.2. The third-order valence-electron chi connectivity index (χ3n) is 4.70. The van der Waals surface area contributed by atoms with Gasteiger partial charge in [-0.05, 0) is 12.0 Å². The summed E-state index contributed by atoms with van der Waals surface area (Å²) in [7, 11) is -1.47. The van der Waals surface area contributed by atoms with Crippen molar-refractivity contribution in [1.29, 1.82) is 0 Å². The number of likely N-dealkylation sites (tertiary alicyclic amines) is 1. The number of benzene rings is 1. The lowest BCUT2D eigenvalue weighted by Crippen LogP contribution is -2.53. The van der Waals surface area contributed by atoms with Crippen LogP contribution in [0.5, 0.6) is 0 Å². The van der Waals surface area contributed by atoms with Crippen LogP contribution >= 0.6 is 0 Å². The van der Waals surface area contributed by atoms with Crippen molar-refractivity contribution < 1.29 is 13.2 Å². The molecule has 0 bridgehead atoms. The topological polar surface area (TPSA) is 60.9 Å². The van der Waals surface area contributed by atoms with Crippen LogP contribution in [0, 0.1) is 0 Å². The zero-order valence-electron chi connectivity index (χ0n) is 13.4. The third kappa shape index (κ3) is 3.57. The quantitative estimate of drug-likeness (QED) is 0.796. The van der Waals surface area contributed by atoms with Gasteiger partial charge in [0.1, 0.15) is 0 Å². The molecule has 23 heavy (non-hydrogen) atoms. The predicted molar refractivity (Wildman–Crippen MR) is 88.3 cm³/mol. The Hall–Kier alpha value is -1.44. The van der Waals surface area contributed by atoms with Gasteiger partial charge < -0.3 is 4.90 Å². The average Bonchev–Trinajstić information content (AvgIpc) is 2.88. The minimum absolute atomic E-state index is 0.0406. The molecule has 0 spiro atoms. The molecular formula is C16H23N3O3S. The number of likely N-dealkylation sites (N-methyl/N-ethyl adjacent to an activating group) is 1. The molecule has 3 rings (SSSR count). The molecule has 0 aliphatic carbocycles. The highest BCUT2D eigenvalue weighted by Gasteiger charge is 2.37. The van der Waals surface area contributed by atoms with Crippen LogP contribution in [-0.4, -0.2) is 74.2 Å². The lowest BCUT2D eigenvalue weighted by molar-refractivity contribution is -0.131. The summed E-state index contributed by atoms with van der Waals surface area (Å²) < 4.78 is 26.6. The molecule has 0 radical (unpaired) electrons. The van der Waals surface area contributed by atoms with E-state index in [0.717, 1.165) is 18.5 Å². The van der Waals surface area contributed by atoms with Crippen LogP contribution in [0.4, 0.5) is 0 Å². The predicted octanol–water partition coefficient (Wildman–Crippen LogP) is 0.365. The summed E-state index contributed by atoms with van der Waals surface area (Å²) in [5, 5.41) is 0. The molecule has 1 aromatic rings. The summed E-state index contributed by atoms with van der Waals surface area (Å²) in [6.07, 6.45) is 0.839. The lowest BCUT2D eigenvalue weighted by Gasteiger charge is -2.36. The van der Waals surface area contributed by atoms with E-state index >= 15 is 0 Å². The molecule has 6 nitrogen and oxygen atoms in total. The number of carbonyl (C=O) groups is 1. The second kappa shape index (κ2) is 6.59. The molecule has 0 saturated carbocycles. The van der Waals surface area contributed by atoms with Crippen LogP contribution in [0.25, 0.3) is 0 Å². The normalized spacial score (nSPS) is 24.3. The summed E-state index contributed by atoms with van der Waals surface area (Å²) in [5.74, 6) is 0.199. The van der Waals surface area contributed by atoms with Gasteiger partial charge in [-0.3, -0.25) is 9.69 Å². The van der Waals surface area contributed by atoms with Gasteiger partial charge in [0.2, 0.25) is 15.9 Å². The number of carbonyl (C=O) groups excluding carboxylic acids is 1. The molecule has 2 aliphatic heterocycles. The van der Waals surface area contributed by atoms with Gasteiger partial charge in [-0.1, -0.05) is 30.3 Å². The fraction of sp³-hybridized carbons (Fsp3) is 0.562. The number of nitrogens with zero attached hydrogens (tertiary/aromatic N) is 3. The minimum atomic E-state index is -3.30. The molecule has 2 fully saturated rings. The molecule has 1 atom stereocenters. The van der Waals surface area contributed by atoms with Gasteiger partial charge >= 0.3 is 0 Å². The minimum Gasteiger partial charge on any atom is -0.344 e. The largest absolute Gasteiger partial charge is 0.344 e. The number of hydrogen-bond acceptors (Lipinski definition) is 4. The first-order valence-corrected chi connectivity index (χ1v) is 9.59. The molecule has 1 unspecified atom stereocenters. The fourth-order valence-electron chi connectivity index (χ4n) is 3.31. The Labute approximate surface area is 137 Å². The van der Waals surface area contributed by atoms with Gasteiger partial charge in [-0.25, -0.2) is 8.42 Å². The van der Waals surface area contributed by atoms with E-state index in [2.05, 4.69) is 4.90 Å². The average molecular weight is 337 g/mol. The molecule has 2 aliphatic rings. The van der Waals surface area contributed by atoms with Crippen molar-refractivity contribution in [3.63, 3.8) is 0 Å². The first-order chi connectivity index (χ1) is 11.0.